The lowest BCUT2D eigenvalue weighted by atomic mass is 10.0. The Morgan fingerprint density at radius 3 is 2.16 bits per heavy atom. The summed E-state index contributed by atoms with van der Waals surface area (Å²) in [5, 5.41) is 0. The molecule has 1 aromatic rings. The maximum absolute atomic E-state index is 2.45. The Labute approximate surface area is 120 Å². The van der Waals surface area contributed by atoms with Crippen molar-refractivity contribution in [1.82, 2.24) is 4.90 Å². The van der Waals surface area contributed by atoms with Crippen LogP contribution in [0.15, 0.2) is 24.3 Å². The van der Waals surface area contributed by atoms with E-state index in [2.05, 4.69) is 50.1 Å². The molecule has 0 radical (unpaired) electrons. The van der Waals surface area contributed by atoms with Crippen LogP contribution in [-0.4, -0.2) is 25.0 Å². The molecule has 0 saturated carbocycles. The fraction of sp³-hybridized carbons (Fsp3) is 0.667. The van der Waals surface area contributed by atoms with Crippen LogP contribution < -0.4 is 0 Å². The Kier molecular flexibility index (Phi) is 8.57. The van der Waals surface area contributed by atoms with Gasteiger partial charge in [-0.3, -0.25) is 0 Å². The van der Waals surface area contributed by atoms with Crippen molar-refractivity contribution in [2.75, 3.05) is 20.1 Å². The molecule has 1 heteroatoms. The number of aryl methyl sites for hydroxylation is 2. The van der Waals surface area contributed by atoms with Gasteiger partial charge in [0.15, 0.2) is 0 Å². The minimum absolute atomic E-state index is 1.24. The lowest BCUT2D eigenvalue weighted by Crippen LogP contribution is -2.20. The van der Waals surface area contributed by atoms with Gasteiger partial charge in [0.25, 0.3) is 0 Å². The third-order valence-corrected chi connectivity index (χ3v) is 3.73. The van der Waals surface area contributed by atoms with Crippen LogP contribution in [0.25, 0.3) is 0 Å². The molecule has 0 unspecified atom stereocenters. The smallest absolute Gasteiger partial charge is 0.00218 e. The van der Waals surface area contributed by atoms with Crippen LogP contribution in [0.3, 0.4) is 0 Å². The molecular formula is C18H31N. The molecule has 0 aliphatic carbocycles. The zero-order chi connectivity index (χ0) is 13.9. The molecule has 0 aliphatic heterocycles. The Hall–Kier alpha value is -0.820. The summed E-state index contributed by atoms with van der Waals surface area (Å²) in [7, 11) is 2.24. The van der Waals surface area contributed by atoms with Crippen molar-refractivity contribution >= 4 is 0 Å². The van der Waals surface area contributed by atoms with Gasteiger partial charge in [0.2, 0.25) is 0 Å². The minimum Gasteiger partial charge on any atom is -0.306 e. The quantitative estimate of drug-likeness (QED) is 0.545. The summed E-state index contributed by atoms with van der Waals surface area (Å²) in [6.45, 7) is 6.92. The van der Waals surface area contributed by atoms with E-state index in [1.165, 1.54) is 69.2 Å². The molecule has 1 aromatic carbocycles. The Balaban J connectivity index is 1.95. The van der Waals surface area contributed by atoms with Crippen molar-refractivity contribution in [3.8, 4) is 0 Å². The number of hydrogen-bond donors (Lipinski definition) is 0. The second-order valence-electron chi connectivity index (χ2n) is 5.81. The first-order valence-corrected chi connectivity index (χ1v) is 7.96. The summed E-state index contributed by atoms with van der Waals surface area (Å²) in [5.74, 6) is 0. The lowest BCUT2D eigenvalue weighted by molar-refractivity contribution is 0.324. The Bertz CT molecular complexity index is 315. The average Bonchev–Trinajstić information content (AvgIpc) is 2.40. The van der Waals surface area contributed by atoms with Crippen molar-refractivity contribution in [3.05, 3.63) is 35.4 Å². The van der Waals surface area contributed by atoms with Crippen LogP contribution >= 0.6 is 0 Å². The van der Waals surface area contributed by atoms with E-state index in [-0.39, 0.29) is 0 Å². The SMILES string of the molecule is CCCN(C)CCCCCCCc1ccc(C)cc1. The molecule has 0 atom stereocenters. The molecule has 0 aromatic heterocycles. The van der Waals surface area contributed by atoms with Gasteiger partial charge in [-0.1, -0.05) is 56.0 Å². The van der Waals surface area contributed by atoms with E-state index in [4.69, 9.17) is 0 Å². The zero-order valence-electron chi connectivity index (χ0n) is 13.1. The second kappa shape index (κ2) is 10.0. The zero-order valence-corrected chi connectivity index (χ0v) is 13.1. The van der Waals surface area contributed by atoms with E-state index in [1.807, 2.05) is 0 Å². The number of nitrogens with zero attached hydrogens (tertiary/aromatic N) is 1. The molecule has 0 saturated heterocycles. The van der Waals surface area contributed by atoms with Gasteiger partial charge in [-0.05, 0) is 58.3 Å². The normalized spacial score (nSPS) is 11.2. The predicted molar refractivity (Wildman–Crippen MR) is 85.8 cm³/mol. The van der Waals surface area contributed by atoms with Gasteiger partial charge < -0.3 is 4.90 Å². The molecule has 0 fully saturated rings. The monoisotopic (exact) mass is 261 g/mol. The third kappa shape index (κ3) is 8.05. The van der Waals surface area contributed by atoms with Crippen molar-refractivity contribution < 1.29 is 0 Å². The maximum Gasteiger partial charge on any atom is -0.00218 e. The maximum atomic E-state index is 2.45. The van der Waals surface area contributed by atoms with Gasteiger partial charge in [0.1, 0.15) is 0 Å². The summed E-state index contributed by atoms with van der Waals surface area (Å²) in [4.78, 5) is 2.45. The molecule has 19 heavy (non-hydrogen) atoms. The topological polar surface area (TPSA) is 3.24 Å². The van der Waals surface area contributed by atoms with E-state index in [0.717, 1.165) is 0 Å². The second-order valence-corrected chi connectivity index (χ2v) is 5.81. The van der Waals surface area contributed by atoms with Crippen molar-refractivity contribution in [2.24, 2.45) is 0 Å². The highest BCUT2D eigenvalue weighted by atomic mass is 15.1. The largest absolute Gasteiger partial charge is 0.306 e. The predicted octanol–water partition coefficient (Wildman–Crippen LogP) is 4.83. The van der Waals surface area contributed by atoms with Crippen molar-refractivity contribution in [2.45, 2.75) is 58.8 Å². The highest BCUT2D eigenvalue weighted by Gasteiger charge is 1.97. The number of hydrogen-bond acceptors (Lipinski definition) is 1. The highest BCUT2D eigenvalue weighted by molar-refractivity contribution is 5.21. The Morgan fingerprint density at radius 1 is 0.842 bits per heavy atom. The number of unbranched alkanes of at least 4 members (excludes halogenated alkanes) is 4. The molecule has 0 heterocycles. The standard InChI is InChI=1S/C18H31N/c1-4-15-19(3)16-9-7-5-6-8-10-18-13-11-17(2)12-14-18/h11-14H,4-10,15-16H2,1-3H3. The van der Waals surface area contributed by atoms with Gasteiger partial charge in [0, 0.05) is 0 Å². The fourth-order valence-electron chi connectivity index (χ4n) is 2.49. The van der Waals surface area contributed by atoms with Gasteiger partial charge >= 0.3 is 0 Å². The van der Waals surface area contributed by atoms with Gasteiger partial charge in [-0.15, -0.1) is 0 Å². The van der Waals surface area contributed by atoms with Crippen molar-refractivity contribution in [3.63, 3.8) is 0 Å². The van der Waals surface area contributed by atoms with Crippen LogP contribution in [0, 0.1) is 6.92 Å². The highest BCUT2D eigenvalue weighted by Crippen LogP contribution is 2.10. The number of rotatable bonds is 10. The first kappa shape index (κ1) is 16.2. The first-order valence-electron chi connectivity index (χ1n) is 7.96. The summed E-state index contributed by atoms with van der Waals surface area (Å²) in [6.07, 6.45) is 9.39. The summed E-state index contributed by atoms with van der Waals surface area (Å²) in [5.41, 5.74) is 2.85. The molecule has 0 spiro atoms. The van der Waals surface area contributed by atoms with E-state index in [0.29, 0.717) is 0 Å². The molecule has 0 amide bonds. The lowest BCUT2D eigenvalue weighted by Gasteiger charge is -2.14. The van der Waals surface area contributed by atoms with Crippen LogP contribution in [-0.2, 0) is 6.42 Å². The molecule has 1 nitrogen and oxygen atoms in total. The summed E-state index contributed by atoms with van der Waals surface area (Å²) >= 11 is 0. The first-order chi connectivity index (χ1) is 9.22. The van der Waals surface area contributed by atoms with Crippen LogP contribution in [0.2, 0.25) is 0 Å². The van der Waals surface area contributed by atoms with Crippen LogP contribution in [0.4, 0.5) is 0 Å². The Morgan fingerprint density at radius 2 is 1.47 bits per heavy atom. The average molecular weight is 261 g/mol. The third-order valence-electron chi connectivity index (χ3n) is 3.73. The van der Waals surface area contributed by atoms with E-state index >= 15 is 0 Å². The molecule has 108 valence electrons. The molecular weight excluding hydrogens is 230 g/mol. The van der Waals surface area contributed by atoms with Crippen molar-refractivity contribution in [1.29, 1.82) is 0 Å². The van der Waals surface area contributed by atoms with Gasteiger partial charge in [0.05, 0.1) is 0 Å². The fourth-order valence-corrected chi connectivity index (χ4v) is 2.49. The molecule has 0 N–H and O–H groups in total. The summed E-state index contributed by atoms with van der Waals surface area (Å²) < 4.78 is 0. The minimum atomic E-state index is 1.24. The van der Waals surface area contributed by atoms with E-state index in [1.54, 1.807) is 0 Å². The molecule has 1 rings (SSSR count). The molecule has 0 aliphatic rings. The van der Waals surface area contributed by atoms with E-state index in [9.17, 15) is 0 Å². The van der Waals surface area contributed by atoms with Crippen LogP contribution in [0.5, 0.6) is 0 Å². The van der Waals surface area contributed by atoms with Gasteiger partial charge in [-0.25, -0.2) is 0 Å². The van der Waals surface area contributed by atoms with Crippen LogP contribution in [0.1, 0.15) is 56.6 Å². The summed E-state index contributed by atoms with van der Waals surface area (Å²) in [6, 6.07) is 8.99. The molecule has 0 bridgehead atoms. The van der Waals surface area contributed by atoms with Gasteiger partial charge in [-0.2, -0.15) is 0 Å². The number of benzene rings is 1. The van der Waals surface area contributed by atoms with E-state index < -0.39 is 0 Å².